The molecule has 1 amide bonds. The van der Waals surface area contributed by atoms with E-state index in [2.05, 4.69) is 21.2 Å². The van der Waals surface area contributed by atoms with Crippen LogP contribution in [0.4, 0.5) is 0 Å². The molecule has 16 heavy (non-hydrogen) atoms. The Morgan fingerprint density at radius 2 is 2.12 bits per heavy atom. The summed E-state index contributed by atoms with van der Waals surface area (Å²) in [6.07, 6.45) is 0. The molecule has 0 radical (unpaired) electrons. The van der Waals surface area contributed by atoms with Crippen LogP contribution < -0.4 is 11.1 Å². The molecule has 0 spiro atoms. The van der Waals surface area contributed by atoms with Gasteiger partial charge in [0.1, 0.15) is 0 Å². The third kappa shape index (κ3) is 4.51. The fourth-order valence-electron chi connectivity index (χ4n) is 1.10. The number of amides is 1. The maximum atomic E-state index is 11.7. The van der Waals surface area contributed by atoms with Gasteiger partial charge in [0.15, 0.2) is 0 Å². The molecule has 0 fully saturated rings. The first-order valence-corrected chi connectivity index (χ1v) is 5.98. The molecule has 0 saturated heterocycles. The van der Waals surface area contributed by atoms with Crippen molar-refractivity contribution in [3.8, 4) is 0 Å². The number of carbonyl (C=O) groups excluding carboxylic acids is 1. The summed E-state index contributed by atoms with van der Waals surface area (Å²) >= 11 is 9.13. The molecule has 0 aliphatic heterocycles. The van der Waals surface area contributed by atoms with E-state index in [0.717, 1.165) is 4.47 Å². The molecule has 88 valence electrons. The zero-order chi connectivity index (χ0) is 12.3. The number of carbonyl (C=O) groups is 1. The van der Waals surface area contributed by atoms with Crippen molar-refractivity contribution in [3.63, 3.8) is 0 Å². The molecule has 5 heteroatoms. The van der Waals surface area contributed by atoms with Crippen LogP contribution in [0.1, 0.15) is 24.2 Å². The van der Waals surface area contributed by atoms with Gasteiger partial charge in [-0.3, -0.25) is 4.79 Å². The second-order valence-electron chi connectivity index (χ2n) is 4.33. The van der Waals surface area contributed by atoms with E-state index in [1.165, 1.54) is 0 Å². The minimum absolute atomic E-state index is 0.179. The normalized spacial score (nSPS) is 11.3. The molecule has 1 rings (SSSR count). The summed E-state index contributed by atoms with van der Waals surface area (Å²) in [5, 5.41) is 3.27. The first-order chi connectivity index (χ1) is 7.28. The van der Waals surface area contributed by atoms with Crippen molar-refractivity contribution in [2.75, 3.05) is 6.54 Å². The molecule has 0 atom stereocenters. The molecule has 3 N–H and O–H groups in total. The highest BCUT2D eigenvalue weighted by Crippen LogP contribution is 2.19. The zero-order valence-electron chi connectivity index (χ0n) is 9.18. The third-order valence-electron chi connectivity index (χ3n) is 1.83. The first kappa shape index (κ1) is 13.5. The molecule has 0 saturated carbocycles. The molecule has 0 unspecified atom stereocenters. The minimum atomic E-state index is -0.425. The number of rotatable bonds is 3. The summed E-state index contributed by atoms with van der Waals surface area (Å²) in [4.78, 5) is 11.7. The Hall–Kier alpha value is -0.580. The summed E-state index contributed by atoms with van der Waals surface area (Å²) in [6.45, 7) is 4.11. The van der Waals surface area contributed by atoms with E-state index in [9.17, 15) is 4.79 Å². The van der Waals surface area contributed by atoms with E-state index in [-0.39, 0.29) is 5.91 Å². The Bertz CT molecular complexity index is 381. The molecular formula is C11H14BrClN2O. The van der Waals surface area contributed by atoms with Crippen LogP contribution in [-0.4, -0.2) is 18.0 Å². The Morgan fingerprint density at radius 1 is 1.50 bits per heavy atom. The molecule has 0 bridgehead atoms. The molecule has 0 heterocycles. The average Bonchev–Trinajstić information content (AvgIpc) is 2.11. The third-order valence-corrected chi connectivity index (χ3v) is 2.51. The molecular weight excluding hydrogens is 291 g/mol. The van der Waals surface area contributed by atoms with Crippen LogP contribution in [0, 0.1) is 0 Å². The highest BCUT2D eigenvalue weighted by atomic mass is 79.9. The van der Waals surface area contributed by atoms with Crippen LogP contribution >= 0.6 is 27.5 Å². The van der Waals surface area contributed by atoms with Crippen molar-refractivity contribution >= 4 is 33.4 Å². The summed E-state index contributed by atoms with van der Waals surface area (Å²) < 4.78 is 0.775. The lowest BCUT2D eigenvalue weighted by Gasteiger charge is -2.18. The van der Waals surface area contributed by atoms with Gasteiger partial charge in [-0.05, 0) is 32.0 Å². The second kappa shape index (κ2) is 5.17. The summed E-state index contributed by atoms with van der Waals surface area (Å²) in [6, 6.07) is 5.06. The van der Waals surface area contributed by atoms with Crippen LogP contribution in [0.5, 0.6) is 0 Å². The van der Waals surface area contributed by atoms with Gasteiger partial charge in [-0.15, -0.1) is 0 Å². The predicted molar refractivity (Wildman–Crippen MR) is 69.8 cm³/mol. The van der Waals surface area contributed by atoms with Crippen molar-refractivity contribution in [2.24, 2.45) is 5.73 Å². The molecule has 0 aliphatic rings. The zero-order valence-corrected chi connectivity index (χ0v) is 11.5. The molecule has 0 aliphatic carbocycles. The molecule has 3 nitrogen and oxygen atoms in total. The number of halogens is 2. The topological polar surface area (TPSA) is 55.1 Å². The van der Waals surface area contributed by atoms with Gasteiger partial charge < -0.3 is 11.1 Å². The van der Waals surface area contributed by atoms with E-state index in [1.54, 1.807) is 18.2 Å². The number of benzene rings is 1. The highest BCUT2D eigenvalue weighted by molar-refractivity contribution is 9.10. The number of hydrogen-bond donors (Lipinski definition) is 2. The van der Waals surface area contributed by atoms with E-state index < -0.39 is 5.54 Å². The monoisotopic (exact) mass is 304 g/mol. The van der Waals surface area contributed by atoms with Gasteiger partial charge >= 0.3 is 0 Å². The highest BCUT2D eigenvalue weighted by Gasteiger charge is 2.13. The van der Waals surface area contributed by atoms with Gasteiger partial charge in [0.05, 0.1) is 0 Å². The van der Waals surface area contributed by atoms with Gasteiger partial charge in [-0.25, -0.2) is 0 Å². The van der Waals surface area contributed by atoms with E-state index in [0.29, 0.717) is 17.1 Å². The summed E-state index contributed by atoms with van der Waals surface area (Å²) in [7, 11) is 0. The minimum Gasteiger partial charge on any atom is -0.350 e. The lowest BCUT2D eigenvalue weighted by Crippen LogP contribution is -2.45. The van der Waals surface area contributed by atoms with Crippen molar-refractivity contribution in [1.29, 1.82) is 0 Å². The van der Waals surface area contributed by atoms with E-state index in [1.807, 2.05) is 13.8 Å². The predicted octanol–water partition coefficient (Wildman–Crippen LogP) is 2.57. The Balaban J connectivity index is 2.73. The fourth-order valence-corrected chi connectivity index (χ4v) is 1.96. The SMILES string of the molecule is CC(C)(N)CNC(=O)c1cc(Cl)cc(Br)c1. The Labute approximate surface area is 108 Å². The number of nitrogens with one attached hydrogen (secondary N) is 1. The van der Waals surface area contributed by atoms with Crippen LogP contribution in [0.25, 0.3) is 0 Å². The van der Waals surface area contributed by atoms with Gasteiger partial charge in [0.25, 0.3) is 5.91 Å². The summed E-state index contributed by atoms with van der Waals surface area (Å²) in [5.74, 6) is -0.179. The summed E-state index contributed by atoms with van der Waals surface area (Å²) in [5.41, 5.74) is 5.86. The largest absolute Gasteiger partial charge is 0.350 e. The van der Waals surface area contributed by atoms with E-state index in [4.69, 9.17) is 17.3 Å². The van der Waals surface area contributed by atoms with Gasteiger partial charge in [-0.1, -0.05) is 27.5 Å². The quantitative estimate of drug-likeness (QED) is 0.902. The van der Waals surface area contributed by atoms with Crippen LogP contribution in [0.15, 0.2) is 22.7 Å². The number of nitrogens with two attached hydrogens (primary N) is 1. The molecule has 0 aromatic heterocycles. The molecule has 1 aromatic rings. The Kier molecular flexibility index (Phi) is 4.35. The van der Waals surface area contributed by atoms with Crippen LogP contribution in [0.2, 0.25) is 5.02 Å². The average molecular weight is 306 g/mol. The fraction of sp³-hybridized carbons (Fsp3) is 0.364. The first-order valence-electron chi connectivity index (χ1n) is 4.81. The van der Waals surface area contributed by atoms with Gasteiger partial charge in [0.2, 0.25) is 0 Å². The van der Waals surface area contributed by atoms with E-state index >= 15 is 0 Å². The van der Waals surface area contributed by atoms with Gasteiger partial charge in [0, 0.05) is 27.1 Å². The van der Waals surface area contributed by atoms with Crippen molar-refractivity contribution in [2.45, 2.75) is 19.4 Å². The Morgan fingerprint density at radius 3 is 2.62 bits per heavy atom. The number of hydrogen-bond acceptors (Lipinski definition) is 2. The van der Waals surface area contributed by atoms with Crippen molar-refractivity contribution in [3.05, 3.63) is 33.3 Å². The molecule has 1 aromatic carbocycles. The lowest BCUT2D eigenvalue weighted by atomic mass is 10.1. The van der Waals surface area contributed by atoms with Crippen molar-refractivity contribution in [1.82, 2.24) is 5.32 Å². The van der Waals surface area contributed by atoms with Crippen LogP contribution in [-0.2, 0) is 0 Å². The smallest absolute Gasteiger partial charge is 0.251 e. The van der Waals surface area contributed by atoms with Gasteiger partial charge in [-0.2, -0.15) is 0 Å². The van der Waals surface area contributed by atoms with Crippen LogP contribution in [0.3, 0.4) is 0 Å². The maximum Gasteiger partial charge on any atom is 0.251 e. The lowest BCUT2D eigenvalue weighted by molar-refractivity contribution is 0.0946. The second-order valence-corrected chi connectivity index (χ2v) is 5.68. The maximum absolute atomic E-state index is 11.7. The standard InChI is InChI=1S/C11H14BrClN2O/c1-11(2,14)6-15-10(16)7-3-8(12)5-9(13)4-7/h3-5H,6,14H2,1-2H3,(H,15,16). The van der Waals surface area contributed by atoms with Crippen molar-refractivity contribution < 1.29 is 4.79 Å².